The highest BCUT2D eigenvalue weighted by Gasteiger charge is 2.07. The van der Waals surface area contributed by atoms with Gasteiger partial charge in [0.25, 0.3) is 0 Å². The number of hydrogen-bond donors (Lipinski definition) is 0. The molecule has 9 heavy (non-hydrogen) atoms. The Morgan fingerprint density at radius 2 is 2.00 bits per heavy atom. The van der Waals surface area contributed by atoms with Crippen LogP contribution in [0.15, 0.2) is 0 Å². The lowest BCUT2D eigenvalue weighted by molar-refractivity contribution is 0.859. The number of halogens is 4. The van der Waals surface area contributed by atoms with Crippen LogP contribution in [0.5, 0.6) is 0 Å². The van der Waals surface area contributed by atoms with Crippen molar-refractivity contribution in [2.75, 3.05) is 9.76 Å². The minimum atomic E-state index is 0.647. The van der Waals surface area contributed by atoms with Gasteiger partial charge in [-0.3, -0.25) is 0 Å². The van der Waals surface area contributed by atoms with Crippen LogP contribution in [0.1, 0.15) is 6.42 Å². The first-order valence-electron chi connectivity index (χ1n) is 2.60. The molecule has 2 atom stereocenters. The number of hydrogen-bond acceptors (Lipinski definition) is 0. The third-order valence-electron chi connectivity index (χ3n) is 0.846. The molecule has 0 saturated heterocycles. The van der Waals surface area contributed by atoms with Crippen molar-refractivity contribution in [2.45, 2.75) is 15.2 Å². The minimum absolute atomic E-state index is 0.647. The molecule has 0 fully saturated rings. The molecule has 0 heterocycles. The van der Waals surface area contributed by atoms with Crippen LogP contribution >= 0.6 is 77.0 Å². The quantitative estimate of drug-likeness (QED) is 0.424. The first kappa shape index (κ1) is 11.4. The van der Waals surface area contributed by atoms with Crippen LogP contribution < -0.4 is 0 Å². The zero-order chi connectivity index (χ0) is 7.28. The van der Waals surface area contributed by atoms with Gasteiger partial charge in [-0.1, -0.05) is 77.0 Å². The molecular formula is C5H8Br2I2. The smallest absolute Gasteiger partial charge is 0.0253 e. The molecule has 0 saturated carbocycles. The van der Waals surface area contributed by atoms with E-state index in [-0.39, 0.29) is 0 Å². The van der Waals surface area contributed by atoms with Gasteiger partial charge in [0, 0.05) is 18.5 Å². The van der Waals surface area contributed by atoms with Gasteiger partial charge in [0.15, 0.2) is 0 Å². The van der Waals surface area contributed by atoms with Gasteiger partial charge in [-0.15, -0.1) is 0 Å². The van der Waals surface area contributed by atoms with E-state index in [0.717, 1.165) is 9.25 Å². The predicted octanol–water partition coefficient (Wildman–Crippen LogP) is 3.77. The van der Waals surface area contributed by atoms with E-state index < -0.39 is 0 Å². The second-order valence-corrected chi connectivity index (χ2v) is 6.32. The molecule has 0 aromatic rings. The largest absolute Gasteiger partial charge is 0.0916 e. The highest BCUT2D eigenvalue weighted by atomic mass is 127. The molecular weight excluding hydrogens is 474 g/mol. The van der Waals surface area contributed by atoms with Crippen molar-refractivity contribution < 1.29 is 0 Å². The second kappa shape index (κ2) is 7.09. The van der Waals surface area contributed by atoms with Crippen molar-refractivity contribution in [1.82, 2.24) is 0 Å². The fraction of sp³-hybridized carbons (Fsp3) is 1.00. The van der Waals surface area contributed by atoms with Crippen molar-refractivity contribution in [2.24, 2.45) is 0 Å². The molecule has 0 amide bonds. The van der Waals surface area contributed by atoms with Crippen molar-refractivity contribution in [3.05, 3.63) is 0 Å². The molecule has 2 unspecified atom stereocenters. The molecule has 0 rings (SSSR count). The molecule has 0 nitrogen and oxygen atoms in total. The highest BCUT2D eigenvalue weighted by Crippen LogP contribution is 2.18. The van der Waals surface area contributed by atoms with Crippen LogP contribution in [0.25, 0.3) is 0 Å². The summed E-state index contributed by atoms with van der Waals surface area (Å²) in [6.45, 7) is 0. The molecule has 0 aliphatic carbocycles. The summed E-state index contributed by atoms with van der Waals surface area (Å²) < 4.78 is 2.05. The summed E-state index contributed by atoms with van der Waals surface area (Å²) in [5, 5.41) is 1.06. The zero-order valence-corrected chi connectivity index (χ0v) is 12.3. The van der Waals surface area contributed by atoms with Gasteiger partial charge in [0.05, 0.1) is 0 Å². The van der Waals surface area contributed by atoms with Gasteiger partial charge in [-0.2, -0.15) is 0 Å². The Hall–Kier alpha value is 2.42. The fourth-order valence-corrected chi connectivity index (χ4v) is 2.79. The zero-order valence-electron chi connectivity index (χ0n) is 4.79. The summed E-state index contributed by atoms with van der Waals surface area (Å²) in [5.74, 6) is 0. The van der Waals surface area contributed by atoms with Gasteiger partial charge in [-0.05, 0) is 6.42 Å². The van der Waals surface area contributed by atoms with Crippen molar-refractivity contribution in [3.8, 4) is 0 Å². The van der Waals surface area contributed by atoms with E-state index in [1.165, 1.54) is 10.8 Å². The van der Waals surface area contributed by atoms with Gasteiger partial charge in [-0.25, -0.2) is 0 Å². The number of rotatable bonds is 4. The van der Waals surface area contributed by atoms with Gasteiger partial charge >= 0.3 is 0 Å². The van der Waals surface area contributed by atoms with E-state index >= 15 is 0 Å². The summed E-state index contributed by atoms with van der Waals surface area (Å²) in [6.07, 6.45) is 1.26. The van der Waals surface area contributed by atoms with Gasteiger partial charge in [0.1, 0.15) is 0 Å². The molecule has 0 aromatic heterocycles. The molecule has 0 aromatic carbocycles. The van der Waals surface area contributed by atoms with Crippen LogP contribution in [0.4, 0.5) is 0 Å². The molecule has 0 spiro atoms. The van der Waals surface area contributed by atoms with E-state index in [9.17, 15) is 0 Å². The third-order valence-corrected chi connectivity index (χ3v) is 6.89. The maximum Gasteiger partial charge on any atom is 0.0253 e. The van der Waals surface area contributed by atoms with Gasteiger partial charge in [0.2, 0.25) is 0 Å². The van der Waals surface area contributed by atoms with E-state index in [0.29, 0.717) is 4.83 Å². The number of alkyl halides is 4. The molecule has 0 bridgehead atoms. The lowest BCUT2D eigenvalue weighted by atomic mass is 10.3. The summed E-state index contributed by atoms with van der Waals surface area (Å²) in [7, 11) is 0. The van der Waals surface area contributed by atoms with Crippen LogP contribution in [-0.2, 0) is 0 Å². The first-order chi connectivity index (χ1) is 4.20. The van der Waals surface area contributed by atoms with E-state index in [2.05, 4.69) is 77.0 Å². The van der Waals surface area contributed by atoms with Crippen LogP contribution in [0, 0.1) is 0 Å². The molecule has 4 heteroatoms. The standard InChI is InChI=1S/C5H8Br2I2/c6-2-4(7)1-5(9)3-8/h4-5H,1-3H2. The molecule has 0 aliphatic rings. The Labute approximate surface area is 100 Å². The Kier molecular flexibility index (Phi) is 9.00. The Morgan fingerprint density at radius 1 is 1.44 bits per heavy atom. The summed E-state index contributed by atoms with van der Waals surface area (Å²) in [6, 6.07) is 0. The highest BCUT2D eigenvalue weighted by molar-refractivity contribution is 14.1. The van der Waals surface area contributed by atoms with E-state index in [1.54, 1.807) is 0 Å². The minimum Gasteiger partial charge on any atom is -0.0916 e. The summed E-state index contributed by atoms with van der Waals surface area (Å²) in [5.41, 5.74) is 0. The van der Waals surface area contributed by atoms with Crippen molar-refractivity contribution >= 4 is 77.0 Å². The normalized spacial score (nSPS) is 17.3. The van der Waals surface area contributed by atoms with Crippen LogP contribution in [0.3, 0.4) is 0 Å². The van der Waals surface area contributed by atoms with E-state index in [1.807, 2.05) is 0 Å². The van der Waals surface area contributed by atoms with Crippen LogP contribution in [-0.4, -0.2) is 18.5 Å². The lowest BCUT2D eigenvalue weighted by Gasteiger charge is -2.08. The lowest BCUT2D eigenvalue weighted by Crippen LogP contribution is -2.09. The maximum atomic E-state index is 3.56. The summed E-state index contributed by atoms with van der Waals surface area (Å²) >= 11 is 11.9. The average molecular weight is 482 g/mol. The van der Waals surface area contributed by atoms with Crippen molar-refractivity contribution in [3.63, 3.8) is 0 Å². The predicted molar refractivity (Wildman–Crippen MR) is 67.8 cm³/mol. The first-order valence-corrected chi connectivity index (χ1v) is 7.41. The topological polar surface area (TPSA) is 0 Å². The average Bonchev–Trinajstić information content (AvgIpc) is 1.87. The Balaban J connectivity index is 3.22. The Bertz CT molecular complexity index is 62.0. The fourth-order valence-electron chi connectivity index (χ4n) is 0.403. The monoisotopic (exact) mass is 480 g/mol. The second-order valence-electron chi connectivity index (χ2n) is 1.74. The van der Waals surface area contributed by atoms with Crippen molar-refractivity contribution in [1.29, 1.82) is 0 Å². The van der Waals surface area contributed by atoms with Crippen LogP contribution in [0.2, 0.25) is 0 Å². The van der Waals surface area contributed by atoms with E-state index in [4.69, 9.17) is 0 Å². The summed E-state index contributed by atoms with van der Waals surface area (Å²) in [4.78, 5) is 0.647. The molecule has 0 radical (unpaired) electrons. The van der Waals surface area contributed by atoms with Gasteiger partial charge < -0.3 is 0 Å². The molecule has 56 valence electrons. The maximum absolute atomic E-state index is 3.56. The SMILES string of the molecule is BrCC(Br)CC(I)CI. The molecule has 0 N–H and O–H groups in total. The third kappa shape index (κ3) is 6.80. The Morgan fingerprint density at radius 3 is 2.33 bits per heavy atom. The molecule has 0 aliphatic heterocycles.